The highest BCUT2D eigenvalue weighted by Gasteiger charge is 2.25. The van der Waals surface area contributed by atoms with Gasteiger partial charge in [0.1, 0.15) is 0 Å². The first kappa shape index (κ1) is 14.3. The van der Waals surface area contributed by atoms with Gasteiger partial charge in [0.05, 0.1) is 0 Å². The molecule has 1 saturated carbocycles. The predicted octanol–water partition coefficient (Wildman–Crippen LogP) is 2.57. The van der Waals surface area contributed by atoms with Crippen LogP contribution >= 0.6 is 0 Å². The lowest BCUT2D eigenvalue weighted by atomic mass is 10.0. The molecule has 0 heterocycles. The third-order valence-corrected chi connectivity index (χ3v) is 3.51. The Morgan fingerprint density at radius 1 is 1.40 bits per heavy atom. The second-order valence-corrected chi connectivity index (χ2v) is 5.37. The lowest BCUT2D eigenvalue weighted by Gasteiger charge is -2.17. The number of hydrogen-bond acceptors (Lipinski definition) is 2. The maximum atomic E-state index is 12.3. The number of nitrogens with zero attached hydrogens (tertiary/aromatic N) is 1. The van der Waals surface area contributed by atoms with Crippen molar-refractivity contribution in [2.75, 3.05) is 13.6 Å². The highest BCUT2D eigenvalue weighted by atomic mass is 16.4. The van der Waals surface area contributed by atoms with E-state index in [1.54, 1.807) is 17.0 Å². The zero-order chi connectivity index (χ0) is 14.7. The van der Waals surface area contributed by atoms with Gasteiger partial charge in [-0.15, -0.1) is 0 Å². The van der Waals surface area contributed by atoms with Crippen molar-refractivity contribution < 1.29 is 14.7 Å². The van der Waals surface area contributed by atoms with Crippen LogP contribution in [0.15, 0.2) is 24.3 Å². The summed E-state index contributed by atoms with van der Waals surface area (Å²) < 4.78 is 0. The van der Waals surface area contributed by atoms with Crippen LogP contribution in [-0.2, 0) is 4.79 Å². The summed E-state index contributed by atoms with van der Waals surface area (Å²) in [7, 11) is 1.81. The Hall–Kier alpha value is -2.10. The molecule has 1 aliphatic carbocycles. The van der Waals surface area contributed by atoms with Crippen LogP contribution in [-0.4, -0.2) is 35.5 Å². The van der Waals surface area contributed by atoms with Crippen molar-refractivity contribution in [1.82, 2.24) is 4.90 Å². The molecule has 1 aromatic carbocycles. The van der Waals surface area contributed by atoms with Crippen LogP contribution in [0.5, 0.6) is 0 Å². The molecule has 0 radical (unpaired) electrons. The molecule has 1 fully saturated rings. The van der Waals surface area contributed by atoms with E-state index in [9.17, 15) is 9.59 Å². The molecule has 0 aliphatic heterocycles. The summed E-state index contributed by atoms with van der Waals surface area (Å²) in [6.45, 7) is 2.69. The summed E-state index contributed by atoms with van der Waals surface area (Å²) in [5.74, 6) is -0.352. The van der Waals surface area contributed by atoms with E-state index in [0.717, 1.165) is 23.7 Å². The SMILES string of the molecule is Cc1ccc(C(=O)N(C)CC2CC2)cc1/C=C/C(=O)O. The molecule has 4 nitrogen and oxygen atoms in total. The highest BCUT2D eigenvalue weighted by Crippen LogP contribution is 2.29. The first-order chi connectivity index (χ1) is 9.47. The first-order valence-corrected chi connectivity index (χ1v) is 6.74. The van der Waals surface area contributed by atoms with E-state index in [1.807, 2.05) is 20.0 Å². The third-order valence-electron chi connectivity index (χ3n) is 3.51. The molecule has 0 spiro atoms. The number of carboxylic acid groups (broad SMARTS) is 1. The van der Waals surface area contributed by atoms with E-state index in [2.05, 4.69) is 0 Å². The number of hydrogen-bond donors (Lipinski definition) is 1. The van der Waals surface area contributed by atoms with Crippen molar-refractivity contribution in [2.24, 2.45) is 5.92 Å². The average molecular weight is 273 g/mol. The van der Waals surface area contributed by atoms with Gasteiger partial charge in [-0.05, 0) is 55.0 Å². The van der Waals surface area contributed by atoms with Gasteiger partial charge < -0.3 is 10.0 Å². The van der Waals surface area contributed by atoms with Crippen LogP contribution in [0.1, 0.15) is 34.3 Å². The molecule has 2 rings (SSSR count). The maximum absolute atomic E-state index is 12.3. The Morgan fingerprint density at radius 3 is 2.70 bits per heavy atom. The summed E-state index contributed by atoms with van der Waals surface area (Å²) in [5.41, 5.74) is 2.31. The lowest BCUT2D eigenvalue weighted by molar-refractivity contribution is -0.131. The molecule has 106 valence electrons. The van der Waals surface area contributed by atoms with Gasteiger partial charge in [-0.2, -0.15) is 0 Å². The Labute approximate surface area is 118 Å². The number of carbonyl (C=O) groups excluding carboxylic acids is 1. The fourth-order valence-corrected chi connectivity index (χ4v) is 2.11. The van der Waals surface area contributed by atoms with E-state index in [4.69, 9.17) is 5.11 Å². The Kier molecular flexibility index (Phi) is 4.23. The fraction of sp³-hybridized carbons (Fsp3) is 0.375. The van der Waals surface area contributed by atoms with Gasteiger partial charge in [-0.25, -0.2) is 4.79 Å². The molecule has 1 N–H and O–H groups in total. The maximum Gasteiger partial charge on any atom is 0.328 e. The van der Waals surface area contributed by atoms with Gasteiger partial charge in [0.15, 0.2) is 0 Å². The zero-order valence-electron chi connectivity index (χ0n) is 11.8. The van der Waals surface area contributed by atoms with Gasteiger partial charge in [0.25, 0.3) is 5.91 Å². The van der Waals surface area contributed by atoms with Gasteiger partial charge in [0.2, 0.25) is 0 Å². The largest absolute Gasteiger partial charge is 0.478 e. The smallest absolute Gasteiger partial charge is 0.328 e. The quantitative estimate of drug-likeness (QED) is 0.839. The van der Waals surface area contributed by atoms with Crippen molar-refractivity contribution in [2.45, 2.75) is 19.8 Å². The molecule has 0 saturated heterocycles. The van der Waals surface area contributed by atoms with Crippen LogP contribution < -0.4 is 0 Å². The van der Waals surface area contributed by atoms with Crippen molar-refractivity contribution in [3.63, 3.8) is 0 Å². The minimum atomic E-state index is -0.994. The molecule has 1 aromatic rings. The molecule has 0 bridgehead atoms. The van der Waals surface area contributed by atoms with Crippen LogP contribution in [0.4, 0.5) is 0 Å². The fourth-order valence-electron chi connectivity index (χ4n) is 2.11. The van der Waals surface area contributed by atoms with Gasteiger partial charge >= 0.3 is 5.97 Å². The second kappa shape index (κ2) is 5.90. The topological polar surface area (TPSA) is 57.6 Å². The minimum absolute atomic E-state index is 0.0122. The third kappa shape index (κ3) is 3.70. The molecule has 4 heteroatoms. The number of amides is 1. The normalized spacial score (nSPS) is 14.5. The zero-order valence-corrected chi connectivity index (χ0v) is 11.8. The minimum Gasteiger partial charge on any atom is -0.478 e. The van der Waals surface area contributed by atoms with Gasteiger partial charge in [-0.1, -0.05) is 6.07 Å². The average Bonchev–Trinajstić information content (AvgIpc) is 3.20. The van der Waals surface area contributed by atoms with Crippen molar-refractivity contribution >= 4 is 18.0 Å². The second-order valence-electron chi connectivity index (χ2n) is 5.37. The van der Waals surface area contributed by atoms with E-state index < -0.39 is 5.97 Å². The Balaban J connectivity index is 2.16. The van der Waals surface area contributed by atoms with Crippen molar-refractivity contribution in [3.8, 4) is 0 Å². The molecule has 0 aromatic heterocycles. The van der Waals surface area contributed by atoms with E-state index >= 15 is 0 Å². The van der Waals surface area contributed by atoms with Crippen molar-refractivity contribution in [3.05, 3.63) is 41.0 Å². The summed E-state index contributed by atoms with van der Waals surface area (Å²) in [4.78, 5) is 24.6. The first-order valence-electron chi connectivity index (χ1n) is 6.74. The summed E-state index contributed by atoms with van der Waals surface area (Å²) in [6, 6.07) is 5.39. The predicted molar refractivity (Wildman–Crippen MR) is 77.5 cm³/mol. The van der Waals surface area contributed by atoms with Crippen LogP contribution in [0.25, 0.3) is 6.08 Å². The number of aliphatic carboxylic acids is 1. The molecule has 1 aliphatic rings. The van der Waals surface area contributed by atoms with E-state index in [1.165, 1.54) is 18.9 Å². The van der Waals surface area contributed by atoms with Crippen LogP contribution in [0.2, 0.25) is 0 Å². The number of carbonyl (C=O) groups is 2. The molecule has 0 unspecified atom stereocenters. The Bertz CT molecular complexity index is 559. The van der Waals surface area contributed by atoms with Crippen LogP contribution in [0.3, 0.4) is 0 Å². The molecule has 0 atom stereocenters. The standard InChI is InChI=1S/C16H19NO3/c1-11-3-6-14(9-13(11)7-8-15(18)19)16(20)17(2)10-12-4-5-12/h3,6-9,12H,4-5,10H2,1-2H3,(H,18,19)/b8-7+. The summed E-state index contributed by atoms with van der Waals surface area (Å²) >= 11 is 0. The summed E-state index contributed by atoms with van der Waals surface area (Å²) in [6.07, 6.45) is 5.02. The molecule has 20 heavy (non-hydrogen) atoms. The van der Waals surface area contributed by atoms with Crippen LogP contribution in [0, 0.1) is 12.8 Å². The lowest BCUT2D eigenvalue weighted by Crippen LogP contribution is -2.28. The summed E-state index contributed by atoms with van der Waals surface area (Å²) in [5, 5.41) is 8.68. The van der Waals surface area contributed by atoms with E-state index in [0.29, 0.717) is 11.5 Å². The number of benzene rings is 1. The Morgan fingerprint density at radius 2 is 2.10 bits per heavy atom. The number of aryl methyl sites for hydroxylation is 1. The molecular formula is C16H19NO3. The number of rotatable bonds is 5. The van der Waals surface area contributed by atoms with Crippen molar-refractivity contribution in [1.29, 1.82) is 0 Å². The highest BCUT2D eigenvalue weighted by molar-refractivity contribution is 5.95. The van der Waals surface area contributed by atoms with Gasteiger partial charge in [0, 0.05) is 25.2 Å². The number of carboxylic acids is 1. The van der Waals surface area contributed by atoms with E-state index in [-0.39, 0.29) is 5.91 Å². The van der Waals surface area contributed by atoms with Gasteiger partial charge in [-0.3, -0.25) is 4.79 Å². The molecule has 1 amide bonds. The molecular weight excluding hydrogens is 254 g/mol. The monoisotopic (exact) mass is 273 g/mol.